The van der Waals surface area contributed by atoms with Gasteiger partial charge in [0, 0.05) is 18.2 Å². The van der Waals surface area contributed by atoms with Crippen LogP contribution < -0.4 is 5.32 Å². The van der Waals surface area contributed by atoms with E-state index in [0.29, 0.717) is 0 Å². The number of thiophene rings is 1. The maximum Gasteiger partial charge on any atom is 0.177 e. The molecule has 0 bridgehead atoms. The standard InChI is InChI=1S/C12H16N2OS/c1-12(2,3)13-8-9-7-10(15-14-9)11-5-4-6-16-11/h4-7,13H,8H2,1-3H3. The summed E-state index contributed by atoms with van der Waals surface area (Å²) in [4.78, 5) is 1.12. The van der Waals surface area contributed by atoms with Crippen LogP contribution in [0.2, 0.25) is 0 Å². The number of hydrogen-bond acceptors (Lipinski definition) is 4. The lowest BCUT2D eigenvalue weighted by Gasteiger charge is -2.19. The van der Waals surface area contributed by atoms with E-state index in [9.17, 15) is 0 Å². The molecular weight excluding hydrogens is 220 g/mol. The Bertz CT molecular complexity index is 440. The Morgan fingerprint density at radius 1 is 1.44 bits per heavy atom. The van der Waals surface area contributed by atoms with Gasteiger partial charge < -0.3 is 9.84 Å². The molecule has 0 unspecified atom stereocenters. The van der Waals surface area contributed by atoms with Gasteiger partial charge in [-0.2, -0.15) is 0 Å². The third-order valence-corrected chi connectivity index (χ3v) is 3.01. The Labute approximate surface area is 99.5 Å². The van der Waals surface area contributed by atoms with E-state index in [-0.39, 0.29) is 5.54 Å². The van der Waals surface area contributed by atoms with E-state index >= 15 is 0 Å². The van der Waals surface area contributed by atoms with E-state index in [1.54, 1.807) is 11.3 Å². The molecular formula is C12H16N2OS. The molecule has 16 heavy (non-hydrogen) atoms. The zero-order valence-corrected chi connectivity index (χ0v) is 10.6. The van der Waals surface area contributed by atoms with Crippen molar-refractivity contribution >= 4 is 11.3 Å². The molecule has 0 saturated heterocycles. The monoisotopic (exact) mass is 236 g/mol. The van der Waals surface area contributed by atoms with Gasteiger partial charge in [0.1, 0.15) is 0 Å². The summed E-state index contributed by atoms with van der Waals surface area (Å²) in [6, 6.07) is 6.03. The summed E-state index contributed by atoms with van der Waals surface area (Å²) >= 11 is 1.66. The van der Waals surface area contributed by atoms with Gasteiger partial charge in [0.25, 0.3) is 0 Å². The zero-order chi connectivity index (χ0) is 11.6. The minimum Gasteiger partial charge on any atom is -0.355 e. The lowest BCUT2D eigenvalue weighted by Crippen LogP contribution is -2.35. The first-order valence-corrected chi connectivity index (χ1v) is 6.17. The van der Waals surface area contributed by atoms with E-state index in [1.807, 2.05) is 23.6 Å². The average molecular weight is 236 g/mol. The molecule has 0 aliphatic rings. The third kappa shape index (κ3) is 2.93. The molecule has 3 nitrogen and oxygen atoms in total. The molecule has 0 saturated carbocycles. The van der Waals surface area contributed by atoms with Crippen molar-refractivity contribution < 1.29 is 4.52 Å². The second kappa shape index (κ2) is 4.39. The predicted octanol–water partition coefficient (Wildman–Crippen LogP) is 3.29. The van der Waals surface area contributed by atoms with E-state index in [0.717, 1.165) is 22.9 Å². The summed E-state index contributed by atoms with van der Waals surface area (Å²) in [7, 11) is 0. The van der Waals surface area contributed by atoms with Gasteiger partial charge in [0.05, 0.1) is 10.6 Å². The molecule has 0 aromatic carbocycles. The highest BCUT2D eigenvalue weighted by molar-refractivity contribution is 7.13. The molecule has 2 aromatic heterocycles. The average Bonchev–Trinajstić information content (AvgIpc) is 2.84. The number of nitrogens with zero attached hydrogens (tertiary/aromatic N) is 1. The largest absolute Gasteiger partial charge is 0.355 e. The molecule has 4 heteroatoms. The molecule has 86 valence electrons. The zero-order valence-electron chi connectivity index (χ0n) is 9.78. The number of aromatic nitrogens is 1. The Morgan fingerprint density at radius 2 is 2.25 bits per heavy atom. The summed E-state index contributed by atoms with van der Waals surface area (Å²) in [5.41, 5.74) is 1.04. The van der Waals surface area contributed by atoms with Crippen LogP contribution >= 0.6 is 11.3 Å². The Morgan fingerprint density at radius 3 is 2.88 bits per heavy atom. The molecule has 0 aliphatic carbocycles. The number of rotatable bonds is 3. The van der Waals surface area contributed by atoms with Crippen LogP contribution in [0.4, 0.5) is 0 Å². The molecule has 0 amide bonds. The van der Waals surface area contributed by atoms with Gasteiger partial charge in [-0.3, -0.25) is 0 Å². The van der Waals surface area contributed by atoms with E-state index in [4.69, 9.17) is 4.52 Å². The molecule has 0 spiro atoms. The molecule has 0 radical (unpaired) electrons. The summed E-state index contributed by atoms with van der Waals surface area (Å²) in [5, 5.41) is 9.45. The van der Waals surface area contributed by atoms with E-state index in [1.165, 1.54) is 0 Å². The molecule has 2 rings (SSSR count). The maximum absolute atomic E-state index is 5.29. The lowest BCUT2D eigenvalue weighted by atomic mass is 10.1. The lowest BCUT2D eigenvalue weighted by molar-refractivity contribution is 0.393. The maximum atomic E-state index is 5.29. The van der Waals surface area contributed by atoms with Crippen molar-refractivity contribution in [2.24, 2.45) is 0 Å². The summed E-state index contributed by atoms with van der Waals surface area (Å²) < 4.78 is 5.29. The van der Waals surface area contributed by atoms with E-state index < -0.39 is 0 Å². The van der Waals surface area contributed by atoms with Crippen molar-refractivity contribution in [1.82, 2.24) is 10.5 Å². The van der Waals surface area contributed by atoms with Crippen LogP contribution in [0, 0.1) is 0 Å². The predicted molar refractivity (Wildman–Crippen MR) is 66.4 cm³/mol. The highest BCUT2D eigenvalue weighted by atomic mass is 32.1. The second-order valence-corrected chi connectivity index (χ2v) is 5.71. The normalized spacial score (nSPS) is 11.9. The SMILES string of the molecule is CC(C)(C)NCc1cc(-c2cccs2)on1. The van der Waals surface area contributed by atoms with Gasteiger partial charge in [-0.05, 0) is 32.2 Å². The topological polar surface area (TPSA) is 38.1 Å². The molecule has 0 atom stereocenters. The first-order valence-electron chi connectivity index (χ1n) is 5.29. The van der Waals surface area contributed by atoms with Crippen molar-refractivity contribution in [3.05, 3.63) is 29.3 Å². The van der Waals surface area contributed by atoms with Crippen LogP contribution in [0.25, 0.3) is 10.6 Å². The third-order valence-electron chi connectivity index (χ3n) is 2.12. The number of hydrogen-bond donors (Lipinski definition) is 1. The van der Waals surface area contributed by atoms with Crippen molar-refractivity contribution in [3.63, 3.8) is 0 Å². The highest BCUT2D eigenvalue weighted by Gasteiger charge is 2.11. The van der Waals surface area contributed by atoms with Crippen LogP contribution in [0.5, 0.6) is 0 Å². The van der Waals surface area contributed by atoms with Crippen molar-refractivity contribution in [2.45, 2.75) is 32.9 Å². The quantitative estimate of drug-likeness (QED) is 0.888. The number of nitrogens with one attached hydrogen (secondary N) is 1. The van der Waals surface area contributed by atoms with Crippen LogP contribution in [0.1, 0.15) is 26.5 Å². The minimum absolute atomic E-state index is 0.0993. The van der Waals surface area contributed by atoms with Crippen LogP contribution in [-0.4, -0.2) is 10.7 Å². The van der Waals surface area contributed by atoms with Crippen LogP contribution in [-0.2, 0) is 6.54 Å². The van der Waals surface area contributed by atoms with Gasteiger partial charge in [-0.15, -0.1) is 11.3 Å². The van der Waals surface area contributed by atoms with Crippen LogP contribution in [0.15, 0.2) is 28.1 Å². The van der Waals surface area contributed by atoms with Gasteiger partial charge in [-0.1, -0.05) is 11.2 Å². The summed E-state index contributed by atoms with van der Waals surface area (Å²) in [6.07, 6.45) is 0. The Balaban J connectivity index is 2.03. The van der Waals surface area contributed by atoms with Gasteiger partial charge >= 0.3 is 0 Å². The van der Waals surface area contributed by atoms with Gasteiger partial charge in [0.2, 0.25) is 0 Å². The van der Waals surface area contributed by atoms with Gasteiger partial charge in [0.15, 0.2) is 5.76 Å². The van der Waals surface area contributed by atoms with Crippen molar-refractivity contribution in [3.8, 4) is 10.6 Å². The van der Waals surface area contributed by atoms with E-state index in [2.05, 4.69) is 31.2 Å². The molecule has 0 fully saturated rings. The molecule has 1 N–H and O–H groups in total. The fourth-order valence-corrected chi connectivity index (χ4v) is 1.96. The first-order chi connectivity index (χ1) is 7.54. The first kappa shape index (κ1) is 11.4. The van der Waals surface area contributed by atoms with Crippen LogP contribution in [0.3, 0.4) is 0 Å². The van der Waals surface area contributed by atoms with Crippen molar-refractivity contribution in [2.75, 3.05) is 0 Å². The fraction of sp³-hybridized carbons (Fsp3) is 0.417. The minimum atomic E-state index is 0.0993. The van der Waals surface area contributed by atoms with Gasteiger partial charge in [-0.25, -0.2) is 0 Å². The highest BCUT2D eigenvalue weighted by Crippen LogP contribution is 2.25. The smallest absolute Gasteiger partial charge is 0.177 e. The Hall–Kier alpha value is -1.13. The molecule has 2 aromatic rings. The molecule has 2 heterocycles. The summed E-state index contributed by atoms with van der Waals surface area (Å²) in [5.74, 6) is 0.848. The fourth-order valence-electron chi connectivity index (χ4n) is 1.29. The second-order valence-electron chi connectivity index (χ2n) is 4.76. The molecule has 0 aliphatic heterocycles. The summed E-state index contributed by atoms with van der Waals surface area (Å²) in [6.45, 7) is 7.13. The Kier molecular flexibility index (Phi) is 3.12. The van der Waals surface area contributed by atoms with Crippen molar-refractivity contribution in [1.29, 1.82) is 0 Å².